The smallest absolute Gasteiger partial charge is 0.258 e. The minimum absolute atomic E-state index is 0.137. The van der Waals surface area contributed by atoms with Crippen LogP contribution in [0.3, 0.4) is 0 Å². The van der Waals surface area contributed by atoms with Crippen LogP contribution in [0.5, 0.6) is 11.5 Å². The SMILES string of the molecule is COc1ccc(-c2csc(NC(=S)NC(=O)c3ccccc3Cl)n2)cc1OC. The highest BCUT2D eigenvalue weighted by molar-refractivity contribution is 7.80. The number of nitrogens with zero attached hydrogens (tertiary/aromatic N) is 1. The van der Waals surface area contributed by atoms with Crippen LogP contribution in [0.2, 0.25) is 5.02 Å². The summed E-state index contributed by atoms with van der Waals surface area (Å²) in [5.74, 6) is 0.869. The fourth-order valence-corrected chi connectivity index (χ4v) is 3.60. The molecule has 0 aliphatic carbocycles. The van der Waals surface area contributed by atoms with Gasteiger partial charge in [0.15, 0.2) is 21.7 Å². The van der Waals surface area contributed by atoms with Crippen molar-refractivity contribution < 1.29 is 14.3 Å². The van der Waals surface area contributed by atoms with E-state index in [0.717, 1.165) is 11.3 Å². The number of amides is 1. The van der Waals surface area contributed by atoms with Crippen molar-refractivity contribution >= 4 is 51.3 Å². The molecule has 0 spiro atoms. The zero-order valence-corrected chi connectivity index (χ0v) is 17.4. The van der Waals surface area contributed by atoms with Crippen LogP contribution < -0.4 is 20.1 Å². The average molecular weight is 434 g/mol. The number of anilines is 1. The highest BCUT2D eigenvalue weighted by Gasteiger charge is 2.13. The molecule has 1 amide bonds. The molecule has 0 aliphatic heterocycles. The molecule has 0 saturated carbocycles. The van der Waals surface area contributed by atoms with Crippen LogP contribution in [0.4, 0.5) is 5.13 Å². The first-order valence-corrected chi connectivity index (χ1v) is 9.73. The van der Waals surface area contributed by atoms with Crippen LogP contribution in [0, 0.1) is 0 Å². The third-order valence-electron chi connectivity index (χ3n) is 3.75. The molecule has 0 atom stereocenters. The van der Waals surface area contributed by atoms with Crippen LogP contribution >= 0.6 is 35.2 Å². The Bertz CT molecular complexity index is 1020. The summed E-state index contributed by atoms with van der Waals surface area (Å²) in [7, 11) is 3.16. The molecular formula is C19H16ClN3O3S2. The van der Waals surface area contributed by atoms with Gasteiger partial charge in [-0.25, -0.2) is 4.98 Å². The van der Waals surface area contributed by atoms with Crippen LogP contribution in [0.15, 0.2) is 47.8 Å². The summed E-state index contributed by atoms with van der Waals surface area (Å²) in [6.45, 7) is 0. The standard InChI is InChI=1S/C19H16ClN3O3S2/c1-25-15-8-7-11(9-16(15)26-2)14-10-28-19(21-14)23-18(27)22-17(24)12-5-3-4-6-13(12)20/h3-10H,1-2H3,(H2,21,22,23,24,27). The number of hydrogen-bond acceptors (Lipinski definition) is 6. The predicted octanol–water partition coefficient (Wildman–Crippen LogP) is 4.61. The maximum absolute atomic E-state index is 12.3. The topological polar surface area (TPSA) is 72.5 Å². The molecule has 144 valence electrons. The van der Waals surface area contributed by atoms with Gasteiger partial charge in [0, 0.05) is 10.9 Å². The number of ether oxygens (including phenoxy) is 2. The van der Waals surface area contributed by atoms with E-state index in [9.17, 15) is 4.79 Å². The maximum Gasteiger partial charge on any atom is 0.258 e. The minimum atomic E-state index is -0.389. The second-order valence-corrected chi connectivity index (χ2v) is 7.17. The lowest BCUT2D eigenvalue weighted by Gasteiger charge is -2.09. The summed E-state index contributed by atoms with van der Waals surface area (Å²) in [6, 6.07) is 12.3. The number of thiazole rings is 1. The second-order valence-electron chi connectivity index (χ2n) is 5.50. The molecule has 0 radical (unpaired) electrons. The molecule has 1 aromatic heterocycles. The molecule has 9 heteroatoms. The Balaban J connectivity index is 1.68. The van der Waals surface area contributed by atoms with E-state index in [1.165, 1.54) is 11.3 Å². The molecule has 6 nitrogen and oxygen atoms in total. The molecule has 2 N–H and O–H groups in total. The summed E-state index contributed by atoms with van der Waals surface area (Å²) in [6.07, 6.45) is 0. The Labute approximate surface area is 176 Å². The lowest BCUT2D eigenvalue weighted by atomic mass is 10.1. The van der Waals surface area contributed by atoms with E-state index in [0.29, 0.717) is 27.2 Å². The first-order valence-electron chi connectivity index (χ1n) is 8.06. The lowest BCUT2D eigenvalue weighted by Crippen LogP contribution is -2.34. The van der Waals surface area contributed by atoms with Gasteiger partial charge in [0.1, 0.15) is 0 Å². The van der Waals surface area contributed by atoms with E-state index in [1.54, 1.807) is 38.5 Å². The van der Waals surface area contributed by atoms with E-state index >= 15 is 0 Å². The average Bonchev–Trinajstić information content (AvgIpc) is 3.15. The third-order valence-corrected chi connectivity index (χ3v) is 5.04. The molecule has 0 aliphatic rings. The van der Waals surface area contributed by atoms with Crippen LogP contribution in [-0.4, -0.2) is 30.2 Å². The molecule has 28 heavy (non-hydrogen) atoms. The Morgan fingerprint density at radius 2 is 1.89 bits per heavy atom. The largest absolute Gasteiger partial charge is 0.493 e. The number of rotatable bonds is 5. The maximum atomic E-state index is 12.3. The number of benzene rings is 2. The van der Waals surface area contributed by atoms with Crippen LogP contribution in [-0.2, 0) is 0 Å². The second kappa shape index (κ2) is 9.01. The van der Waals surface area contributed by atoms with Gasteiger partial charge in [0.25, 0.3) is 5.91 Å². The number of nitrogens with one attached hydrogen (secondary N) is 2. The van der Waals surface area contributed by atoms with Gasteiger partial charge in [-0.3, -0.25) is 10.1 Å². The van der Waals surface area contributed by atoms with E-state index in [2.05, 4.69) is 15.6 Å². The number of hydrogen-bond donors (Lipinski definition) is 2. The Morgan fingerprint density at radius 1 is 1.14 bits per heavy atom. The Hall–Kier alpha value is -2.68. The van der Waals surface area contributed by atoms with Crippen molar-refractivity contribution in [1.29, 1.82) is 0 Å². The lowest BCUT2D eigenvalue weighted by molar-refractivity contribution is 0.0978. The molecule has 0 bridgehead atoms. The number of carbonyl (C=O) groups excluding carboxylic acids is 1. The summed E-state index contributed by atoms with van der Waals surface area (Å²) >= 11 is 12.6. The van der Waals surface area contributed by atoms with Gasteiger partial charge in [-0.05, 0) is 42.5 Å². The van der Waals surface area contributed by atoms with E-state index < -0.39 is 0 Å². The van der Waals surface area contributed by atoms with Crippen molar-refractivity contribution in [2.75, 3.05) is 19.5 Å². The van der Waals surface area contributed by atoms with Crippen molar-refractivity contribution in [2.24, 2.45) is 0 Å². The summed E-state index contributed by atoms with van der Waals surface area (Å²) < 4.78 is 10.6. The molecular weight excluding hydrogens is 418 g/mol. The molecule has 2 aromatic carbocycles. The zero-order valence-electron chi connectivity index (χ0n) is 15.0. The fourth-order valence-electron chi connectivity index (χ4n) is 2.40. The first kappa shape index (κ1) is 20.1. The molecule has 3 aromatic rings. The van der Waals surface area contributed by atoms with Crippen molar-refractivity contribution in [3.05, 3.63) is 58.4 Å². The molecule has 1 heterocycles. The highest BCUT2D eigenvalue weighted by atomic mass is 35.5. The van der Waals surface area contributed by atoms with Gasteiger partial charge in [0.2, 0.25) is 0 Å². The van der Waals surface area contributed by atoms with Crippen molar-refractivity contribution in [1.82, 2.24) is 10.3 Å². The molecule has 0 unspecified atom stereocenters. The highest BCUT2D eigenvalue weighted by Crippen LogP contribution is 2.33. The predicted molar refractivity (Wildman–Crippen MR) is 116 cm³/mol. The number of carbonyl (C=O) groups is 1. The number of methoxy groups -OCH3 is 2. The number of aromatic nitrogens is 1. The molecule has 0 fully saturated rings. The molecule has 3 rings (SSSR count). The van der Waals surface area contributed by atoms with Gasteiger partial charge in [-0.15, -0.1) is 11.3 Å². The summed E-state index contributed by atoms with van der Waals surface area (Å²) in [5.41, 5.74) is 1.96. The van der Waals surface area contributed by atoms with Crippen LogP contribution in [0.1, 0.15) is 10.4 Å². The van der Waals surface area contributed by atoms with Crippen molar-refractivity contribution in [3.63, 3.8) is 0 Å². The normalized spacial score (nSPS) is 10.2. The minimum Gasteiger partial charge on any atom is -0.493 e. The fraction of sp³-hybridized carbons (Fsp3) is 0.105. The van der Waals surface area contributed by atoms with Crippen molar-refractivity contribution in [2.45, 2.75) is 0 Å². The number of thiocarbonyl (C=S) groups is 1. The Morgan fingerprint density at radius 3 is 2.61 bits per heavy atom. The van der Waals surface area contributed by atoms with Gasteiger partial charge in [-0.1, -0.05) is 23.7 Å². The first-order chi connectivity index (χ1) is 13.5. The van der Waals surface area contributed by atoms with E-state index in [-0.39, 0.29) is 11.0 Å². The van der Waals surface area contributed by atoms with Gasteiger partial charge in [0.05, 0.1) is 30.5 Å². The van der Waals surface area contributed by atoms with Gasteiger partial charge in [-0.2, -0.15) is 0 Å². The number of halogens is 1. The Kier molecular flexibility index (Phi) is 6.45. The zero-order chi connectivity index (χ0) is 20.1. The van der Waals surface area contributed by atoms with Gasteiger partial charge >= 0.3 is 0 Å². The van der Waals surface area contributed by atoms with Gasteiger partial charge < -0.3 is 14.8 Å². The van der Waals surface area contributed by atoms with E-state index in [4.69, 9.17) is 33.3 Å². The summed E-state index contributed by atoms with van der Waals surface area (Å²) in [5, 5.41) is 8.43. The van der Waals surface area contributed by atoms with Crippen molar-refractivity contribution in [3.8, 4) is 22.8 Å². The quantitative estimate of drug-likeness (QED) is 0.572. The monoisotopic (exact) mass is 433 g/mol. The van der Waals surface area contributed by atoms with E-state index in [1.807, 2.05) is 23.6 Å². The third kappa shape index (κ3) is 4.59. The van der Waals surface area contributed by atoms with Crippen LogP contribution in [0.25, 0.3) is 11.3 Å². The molecule has 0 saturated heterocycles. The summed E-state index contributed by atoms with van der Waals surface area (Å²) in [4.78, 5) is 16.8.